The van der Waals surface area contributed by atoms with Gasteiger partial charge in [0.2, 0.25) is 0 Å². The Bertz CT molecular complexity index is 1220. The van der Waals surface area contributed by atoms with E-state index in [2.05, 4.69) is 21.9 Å². The lowest BCUT2D eigenvalue weighted by Crippen LogP contribution is -2.50. The molecule has 2 aromatic heterocycles. The van der Waals surface area contributed by atoms with Crippen molar-refractivity contribution in [1.82, 2.24) is 19.8 Å². The van der Waals surface area contributed by atoms with Gasteiger partial charge in [0, 0.05) is 48.9 Å². The van der Waals surface area contributed by atoms with E-state index in [4.69, 9.17) is 4.74 Å². The zero-order valence-corrected chi connectivity index (χ0v) is 18.7. The molecule has 172 valence electrons. The zero-order chi connectivity index (χ0) is 23.5. The van der Waals surface area contributed by atoms with E-state index in [1.165, 1.54) is 4.90 Å². The molecule has 2 aliphatic heterocycles. The third-order valence-electron chi connectivity index (χ3n) is 6.24. The molecule has 8 nitrogen and oxygen atoms in total. The molecule has 0 bridgehead atoms. The van der Waals surface area contributed by atoms with Crippen LogP contribution in [0.5, 0.6) is 5.75 Å². The first-order valence-electron chi connectivity index (χ1n) is 11.2. The quantitative estimate of drug-likeness (QED) is 0.432. The van der Waals surface area contributed by atoms with Crippen molar-refractivity contribution in [1.29, 1.82) is 0 Å². The van der Waals surface area contributed by atoms with Gasteiger partial charge in [0.1, 0.15) is 12.4 Å². The molecule has 3 aromatic rings. The van der Waals surface area contributed by atoms with Gasteiger partial charge in [-0.25, -0.2) is 4.79 Å². The molecule has 5 rings (SSSR count). The van der Waals surface area contributed by atoms with Gasteiger partial charge in [0.25, 0.3) is 5.91 Å². The van der Waals surface area contributed by atoms with Crippen LogP contribution in [0.15, 0.2) is 79.8 Å². The average molecular weight is 456 g/mol. The second kappa shape index (κ2) is 8.97. The maximum absolute atomic E-state index is 14.1. The Morgan fingerprint density at radius 3 is 2.79 bits per heavy atom. The van der Waals surface area contributed by atoms with Crippen LogP contribution in [0.25, 0.3) is 0 Å². The van der Waals surface area contributed by atoms with Crippen molar-refractivity contribution in [3.05, 3.63) is 96.6 Å². The van der Waals surface area contributed by atoms with E-state index in [1.807, 2.05) is 48.5 Å². The predicted octanol–water partition coefficient (Wildman–Crippen LogP) is 3.72. The monoisotopic (exact) mass is 455 g/mol. The molecular weight excluding hydrogens is 430 g/mol. The van der Waals surface area contributed by atoms with Crippen molar-refractivity contribution < 1.29 is 14.3 Å². The maximum atomic E-state index is 14.1. The van der Waals surface area contributed by atoms with Gasteiger partial charge in [-0.15, -0.1) is 0 Å². The Hall–Kier alpha value is -4.20. The van der Waals surface area contributed by atoms with Gasteiger partial charge in [-0.05, 0) is 29.8 Å². The fourth-order valence-electron chi connectivity index (χ4n) is 4.69. The molecule has 8 heteroatoms. The highest BCUT2D eigenvalue weighted by Gasteiger charge is 2.59. The highest BCUT2D eigenvalue weighted by molar-refractivity contribution is 6.08. The van der Waals surface area contributed by atoms with Crippen LogP contribution >= 0.6 is 0 Å². The molecule has 34 heavy (non-hydrogen) atoms. The van der Waals surface area contributed by atoms with Gasteiger partial charge in [0.15, 0.2) is 5.54 Å². The summed E-state index contributed by atoms with van der Waals surface area (Å²) in [6.07, 6.45) is 7.21. The molecule has 1 saturated heterocycles. The number of amides is 3. The van der Waals surface area contributed by atoms with Crippen LogP contribution in [0.2, 0.25) is 0 Å². The standard InChI is InChI=1S/C26H25N5O3/c1-2-14-34-21-8-9-22-23(15-21)29-13-10-26(22)24(32)30(18-20-7-3-4-12-28-20)25(33)31(26)17-19-6-5-11-27-16-19/h2-9,11-12,15-16,29H,1,10,13-14,17-18H2. The van der Waals surface area contributed by atoms with Crippen molar-refractivity contribution >= 4 is 17.6 Å². The Morgan fingerprint density at radius 1 is 1.12 bits per heavy atom. The minimum Gasteiger partial charge on any atom is -0.489 e. The topological polar surface area (TPSA) is 87.7 Å². The number of hydrogen-bond donors (Lipinski definition) is 1. The van der Waals surface area contributed by atoms with Crippen molar-refractivity contribution in [3.63, 3.8) is 0 Å². The van der Waals surface area contributed by atoms with Crippen LogP contribution in [-0.4, -0.2) is 44.9 Å². The lowest BCUT2D eigenvalue weighted by Gasteiger charge is -2.40. The van der Waals surface area contributed by atoms with Crippen LogP contribution in [0.1, 0.15) is 23.2 Å². The number of carbonyl (C=O) groups is 2. The summed E-state index contributed by atoms with van der Waals surface area (Å²) in [4.78, 5) is 39.3. The van der Waals surface area contributed by atoms with Gasteiger partial charge >= 0.3 is 6.03 Å². The Labute approximate surface area is 197 Å². The smallest absolute Gasteiger partial charge is 0.328 e. The predicted molar refractivity (Wildman–Crippen MR) is 127 cm³/mol. The number of imide groups is 1. The molecule has 0 aliphatic carbocycles. The number of rotatable bonds is 7. The van der Waals surface area contributed by atoms with E-state index < -0.39 is 5.54 Å². The van der Waals surface area contributed by atoms with Crippen molar-refractivity contribution in [2.24, 2.45) is 0 Å². The minimum atomic E-state index is -1.13. The SMILES string of the molecule is C=CCOc1ccc2c(c1)NCCC21C(=O)N(Cc2ccccn2)C(=O)N1Cc1cccnc1. The van der Waals surface area contributed by atoms with E-state index >= 15 is 0 Å². The lowest BCUT2D eigenvalue weighted by atomic mass is 9.81. The summed E-state index contributed by atoms with van der Waals surface area (Å²) in [5.74, 6) is 0.429. The van der Waals surface area contributed by atoms with E-state index in [-0.39, 0.29) is 25.0 Å². The molecule has 1 N–H and O–H groups in total. The molecule has 1 fully saturated rings. The van der Waals surface area contributed by atoms with Gasteiger partial charge in [0.05, 0.1) is 18.8 Å². The van der Waals surface area contributed by atoms with Gasteiger partial charge in [-0.1, -0.05) is 30.9 Å². The number of carbonyl (C=O) groups excluding carboxylic acids is 2. The molecule has 3 amide bonds. The summed E-state index contributed by atoms with van der Waals surface area (Å²) < 4.78 is 5.69. The Balaban J connectivity index is 1.58. The number of pyridine rings is 2. The summed E-state index contributed by atoms with van der Waals surface area (Å²) in [7, 11) is 0. The number of nitrogens with zero attached hydrogens (tertiary/aromatic N) is 4. The summed E-state index contributed by atoms with van der Waals surface area (Å²) in [5.41, 5.74) is 1.93. The van der Waals surface area contributed by atoms with Gasteiger partial charge < -0.3 is 15.0 Å². The van der Waals surface area contributed by atoms with Crippen molar-refractivity contribution in [2.75, 3.05) is 18.5 Å². The fraction of sp³-hybridized carbons (Fsp3) is 0.231. The Morgan fingerprint density at radius 2 is 2.03 bits per heavy atom. The zero-order valence-electron chi connectivity index (χ0n) is 18.7. The van der Waals surface area contributed by atoms with Crippen molar-refractivity contribution in [2.45, 2.75) is 25.0 Å². The maximum Gasteiger partial charge on any atom is 0.328 e. The third-order valence-corrected chi connectivity index (χ3v) is 6.24. The first-order chi connectivity index (χ1) is 16.6. The fourth-order valence-corrected chi connectivity index (χ4v) is 4.69. The highest BCUT2D eigenvalue weighted by atomic mass is 16.5. The van der Waals surface area contributed by atoms with Crippen LogP contribution in [0.4, 0.5) is 10.5 Å². The van der Waals surface area contributed by atoms with Crippen LogP contribution in [0, 0.1) is 0 Å². The number of anilines is 1. The lowest BCUT2D eigenvalue weighted by molar-refractivity contribution is -0.134. The molecule has 1 aromatic carbocycles. The molecule has 1 spiro atoms. The van der Waals surface area contributed by atoms with Gasteiger partial charge in [-0.3, -0.25) is 19.7 Å². The van der Waals surface area contributed by atoms with Crippen LogP contribution in [-0.2, 0) is 23.4 Å². The molecule has 0 radical (unpaired) electrons. The van der Waals surface area contributed by atoms with Crippen LogP contribution in [0.3, 0.4) is 0 Å². The summed E-state index contributed by atoms with van der Waals surface area (Å²) in [6.45, 7) is 4.99. The molecule has 2 aliphatic rings. The minimum absolute atomic E-state index is 0.118. The molecule has 1 unspecified atom stereocenters. The first kappa shape index (κ1) is 21.6. The second-order valence-electron chi connectivity index (χ2n) is 8.29. The molecule has 1 atom stereocenters. The second-order valence-corrected chi connectivity index (χ2v) is 8.29. The van der Waals surface area contributed by atoms with E-state index in [0.717, 1.165) is 16.8 Å². The summed E-state index contributed by atoms with van der Waals surface area (Å²) >= 11 is 0. The Kier molecular flexibility index (Phi) is 5.71. The number of urea groups is 1. The number of fused-ring (bicyclic) bond motifs is 2. The highest BCUT2D eigenvalue weighted by Crippen LogP contribution is 2.47. The largest absolute Gasteiger partial charge is 0.489 e. The molecule has 0 saturated carbocycles. The van der Waals surface area contributed by atoms with Crippen LogP contribution < -0.4 is 10.1 Å². The normalized spacial score (nSPS) is 19.2. The van der Waals surface area contributed by atoms with E-state index in [1.54, 1.807) is 29.6 Å². The number of hydrogen-bond acceptors (Lipinski definition) is 6. The summed E-state index contributed by atoms with van der Waals surface area (Å²) in [5, 5.41) is 3.38. The number of ether oxygens (including phenoxy) is 1. The van der Waals surface area contributed by atoms with E-state index in [9.17, 15) is 9.59 Å². The van der Waals surface area contributed by atoms with Crippen molar-refractivity contribution in [3.8, 4) is 5.75 Å². The number of nitrogens with one attached hydrogen (secondary N) is 1. The molecular formula is C26H25N5O3. The number of aromatic nitrogens is 2. The van der Waals surface area contributed by atoms with E-state index in [0.29, 0.717) is 31.0 Å². The van der Waals surface area contributed by atoms with Gasteiger partial charge in [-0.2, -0.15) is 0 Å². The first-order valence-corrected chi connectivity index (χ1v) is 11.2. The third kappa shape index (κ3) is 3.67. The summed E-state index contributed by atoms with van der Waals surface area (Å²) in [6, 6.07) is 14.5. The average Bonchev–Trinajstić information content (AvgIpc) is 3.06. The molecule has 4 heterocycles. The number of benzene rings is 1.